The van der Waals surface area contributed by atoms with E-state index in [9.17, 15) is 22.8 Å². The molecule has 2 amide bonds. The largest absolute Gasteiger partial charge is 0.418 e. The molecule has 1 aliphatic carbocycles. The summed E-state index contributed by atoms with van der Waals surface area (Å²) in [6.45, 7) is 0.437. The van der Waals surface area contributed by atoms with E-state index in [0.717, 1.165) is 24.5 Å². The van der Waals surface area contributed by atoms with E-state index in [1.807, 2.05) is 4.90 Å². The molecule has 3 N–H and O–H groups in total. The number of hydrogen-bond donors (Lipinski definition) is 2. The van der Waals surface area contributed by atoms with Gasteiger partial charge in [-0.05, 0) is 42.7 Å². The highest BCUT2D eigenvalue weighted by Crippen LogP contribution is 2.34. The van der Waals surface area contributed by atoms with Crippen molar-refractivity contribution in [3.63, 3.8) is 0 Å². The van der Waals surface area contributed by atoms with Gasteiger partial charge in [0, 0.05) is 18.2 Å². The summed E-state index contributed by atoms with van der Waals surface area (Å²) >= 11 is 0. The molecule has 28 heavy (non-hydrogen) atoms. The van der Waals surface area contributed by atoms with Crippen molar-refractivity contribution in [3.05, 3.63) is 65.2 Å². The second-order valence-corrected chi connectivity index (χ2v) is 6.79. The lowest BCUT2D eigenvalue weighted by Gasteiger charge is -2.22. The van der Waals surface area contributed by atoms with Crippen LogP contribution in [0.15, 0.2) is 48.5 Å². The van der Waals surface area contributed by atoms with Crippen LogP contribution < -0.4 is 11.1 Å². The summed E-state index contributed by atoms with van der Waals surface area (Å²) in [4.78, 5) is 25.5. The van der Waals surface area contributed by atoms with Crippen LogP contribution in [0.3, 0.4) is 0 Å². The lowest BCUT2D eigenvalue weighted by atomic mass is 10.1. The minimum Gasteiger partial charge on any atom is -0.366 e. The van der Waals surface area contributed by atoms with Crippen molar-refractivity contribution in [1.82, 2.24) is 4.90 Å². The number of nitrogens with two attached hydrogens (primary N) is 1. The number of benzene rings is 2. The predicted octanol–water partition coefficient (Wildman–Crippen LogP) is 3.41. The third-order valence-electron chi connectivity index (χ3n) is 4.54. The highest BCUT2D eigenvalue weighted by molar-refractivity contribution is 5.93. The quantitative estimate of drug-likeness (QED) is 0.760. The topological polar surface area (TPSA) is 75.4 Å². The normalized spacial score (nSPS) is 14.1. The lowest BCUT2D eigenvalue weighted by molar-refractivity contribution is -0.137. The van der Waals surface area contributed by atoms with Crippen molar-refractivity contribution in [2.75, 3.05) is 11.9 Å². The van der Waals surface area contributed by atoms with Crippen molar-refractivity contribution in [2.45, 2.75) is 31.6 Å². The molecule has 0 radical (unpaired) electrons. The molecule has 0 heterocycles. The van der Waals surface area contributed by atoms with Crippen LogP contribution in [-0.2, 0) is 17.5 Å². The van der Waals surface area contributed by atoms with Gasteiger partial charge in [-0.25, -0.2) is 0 Å². The Morgan fingerprint density at radius 2 is 1.71 bits per heavy atom. The molecule has 0 spiro atoms. The lowest BCUT2D eigenvalue weighted by Crippen LogP contribution is -2.34. The number of para-hydroxylation sites is 1. The number of amides is 2. The first kappa shape index (κ1) is 19.9. The number of nitrogens with one attached hydrogen (secondary N) is 1. The minimum absolute atomic E-state index is 0.0194. The predicted molar refractivity (Wildman–Crippen MR) is 98.5 cm³/mol. The zero-order valence-electron chi connectivity index (χ0n) is 15.0. The first-order valence-electron chi connectivity index (χ1n) is 8.83. The molecule has 8 heteroatoms. The first-order valence-corrected chi connectivity index (χ1v) is 8.83. The molecule has 0 atom stereocenters. The summed E-state index contributed by atoms with van der Waals surface area (Å²) in [6, 6.07) is 11.9. The van der Waals surface area contributed by atoms with Crippen molar-refractivity contribution in [2.24, 2.45) is 5.73 Å². The van der Waals surface area contributed by atoms with Gasteiger partial charge in [0.15, 0.2) is 0 Å². The highest BCUT2D eigenvalue weighted by Gasteiger charge is 2.34. The number of carbonyl (C=O) groups excluding carboxylic acids is 2. The van der Waals surface area contributed by atoms with Gasteiger partial charge in [0.2, 0.25) is 11.8 Å². The average molecular weight is 391 g/mol. The number of hydrogen-bond acceptors (Lipinski definition) is 3. The SMILES string of the molecule is NC(=O)c1ccc(CN(CC(=O)Nc2ccccc2C(F)(F)F)C2CC2)cc1. The first-order chi connectivity index (χ1) is 13.2. The van der Waals surface area contributed by atoms with Crippen LogP contribution in [0.5, 0.6) is 0 Å². The zero-order valence-corrected chi connectivity index (χ0v) is 15.0. The maximum Gasteiger partial charge on any atom is 0.418 e. The van der Waals surface area contributed by atoms with Crippen molar-refractivity contribution in [3.8, 4) is 0 Å². The van der Waals surface area contributed by atoms with E-state index < -0.39 is 23.6 Å². The Morgan fingerprint density at radius 3 is 2.29 bits per heavy atom. The van der Waals surface area contributed by atoms with E-state index in [4.69, 9.17) is 5.73 Å². The molecule has 0 unspecified atom stereocenters. The Hall–Kier alpha value is -2.87. The fraction of sp³-hybridized carbons (Fsp3) is 0.300. The molecule has 3 rings (SSSR count). The van der Waals surface area contributed by atoms with Gasteiger partial charge in [0.25, 0.3) is 0 Å². The number of nitrogens with zero attached hydrogens (tertiary/aromatic N) is 1. The van der Waals surface area contributed by atoms with Crippen LogP contribution in [0, 0.1) is 0 Å². The van der Waals surface area contributed by atoms with E-state index in [2.05, 4.69) is 5.32 Å². The van der Waals surface area contributed by atoms with Gasteiger partial charge in [-0.2, -0.15) is 13.2 Å². The van der Waals surface area contributed by atoms with Crippen LogP contribution in [0.4, 0.5) is 18.9 Å². The van der Waals surface area contributed by atoms with E-state index in [1.54, 1.807) is 24.3 Å². The van der Waals surface area contributed by atoms with E-state index in [-0.39, 0.29) is 18.3 Å². The molecule has 2 aromatic carbocycles. The summed E-state index contributed by atoms with van der Waals surface area (Å²) in [5.41, 5.74) is 5.38. The molecule has 2 aromatic rings. The molecule has 1 aliphatic rings. The number of primary amides is 1. The smallest absolute Gasteiger partial charge is 0.366 e. The van der Waals surface area contributed by atoms with Gasteiger partial charge < -0.3 is 11.1 Å². The standard InChI is InChI=1S/C20H20F3N3O2/c21-20(22,23)16-3-1-2-4-17(16)25-18(27)12-26(15-9-10-15)11-13-5-7-14(8-6-13)19(24)28/h1-8,15H,9-12H2,(H2,24,28)(H,25,27). The summed E-state index contributed by atoms with van der Waals surface area (Å²) in [7, 11) is 0. The fourth-order valence-corrected chi connectivity index (χ4v) is 2.98. The maximum atomic E-state index is 13.1. The number of anilines is 1. The van der Waals surface area contributed by atoms with Crippen molar-refractivity contribution < 1.29 is 22.8 Å². The number of rotatable bonds is 7. The molecular formula is C20H20F3N3O2. The Kier molecular flexibility index (Phi) is 5.69. The number of carbonyl (C=O) groups is 2. The van der Waals surface area contributed by atoms with Crippen molar-refractivity contribution >= 4 is 17.5 Å². The van der Waals surface area contributed by atoms with Gasteiger partial charge in [-0.15, -0.1) is 0 Å². The van der Waals surface area contributed by atoms with Crippen LogP contribution >= 0.6 is 0 Å². The Labute approximate surface area is 160 Å². The van der Waals surface area contributed by atoms with Gasteiger partial charge in [-0.3, -0.25) is 14.5 Å². The molecule has 148 valence electrons. The third-order valence-corrected chi connectivity index (χ3v) is 4.54. The highest BCUT2D eigenvalue weighted by atomic mass is 19.4. The molecule has 0 aromatic heterocycles. The molecule has 0 saturated heterocycles. The van der Waals surface area contributed by atoms with Gasteiger partial charge in [0.1, 0.15) is 0 Å². The number of halogens is 3. The number of alkyl halides is 3. The average Bonchev–Trinajstić information content (AvgIpc) is 3.46. The summed E-state index contributed by atoms with van der Waals surface area (Å²) in [5.74, 6) is -1.02. The van der Waals surface area contributed by atoms with Crippen LogP contribution in [0.1, 0.15) is 34.3 Å². The second kappa shape index (κ2) is 8.02. The monoisotopic (exact) mass is 391 g/mol. The molecule has 1 fully saturated rings. The van der Waals surface area contributed by atoms with E-state index in [1.165, 1.54) is 18.2 Å². The molecule has 0 bridgehead atoms. The van der Waals surface area contributed by atoms with Crippen LogP contribution in [0.2, 0.25) is 0 Å². The van der Waals surface area contributed by atoms with Gasteiger partial charge in [0.05, 0.1) is 17.8 Å². The van der Waals surface area contributed by atoms with E-state index >= 15 is 0 Å². The fourth-order valence-electron chi connectivity index (χ4n) is 2.98. The second-order valence-electron chi connectivity index (χ2n) is 6.79. The van der Waals surface area contributed by atoms with Gasteiger partial charge >= 0.3 is 6.18 Å². The summed E-state index contributed by atoms with van der Waals surface area (Å²) < 4.78 is 39.2. The molecule has 5 nitrogen and oxygen atoms in total. The minimum atomic E-state index is -4.54. The maximum absolute atomic E-state index is 13.1. The van der Waals surface area contributed by atoms with Gasteiger partial charge in [-0.1, -0.05) is 24.3 Å². The van der Waals surface area contributed by atoms with E-state index in [0.29, 0.717) is 12.1 Å². The molecule has 0 aliphatic heterocycles. The summed E-state index contributed by atoms with van der Waals surface area (Å²) in [5, 5.41) is 2.38. The van der Waals surface area contributed by atoms with Crippen molar-refractivity contribution in [1.29, 1.82) is 0 Å². The molecular weight excluding hydrogens is 371 g/mol. The third kappa shape index (κ3) is 5.10. The zero-order chi connectivity index (χ0) is 20.3. The van der Waals surface area contributed by atoms with Crippen LogP contribution in [0.25, 0.3) is 0 Å². The molecule has 1 saturated carbocycles. The summed E-state index contributed by atoms with van der Waals surface area (Å²) in [6.07, 6.45) is -2.67. The Morgan fingerprint density at radius 1 is 1.07 bits per heavy atom. The Bertz CT molecular complexity index is 862. The van der Waals surface area contributed by atoms with Crippen LogP contribution in [-0.4, -0.2) is 29.3 Å². The Balaban J connectivity index is 1.67.